The summed E-state index contributed by atoms with van der Waals surface area (Å²) in [6.45, 7) is 1.34. The monoisotopic (exact) mass is 417 g/mol. The number of carbonyl (C=O) groups excluding carboxylic acids is 3. The Labute approximate surface area is 175 Å². The molecule has 0 atom stereocenters. The molecule has 2 aromatic carbocycles. The molecule has 2 aromatic rings. The predicted molar refractivity (Wildman–Crippen MR) is 111 cm³/mol. The Hall–Kier alpha value is -2.86. The molecule has 0 saturated carbocycles. The van der Waals surface area contributed by atoms with Gasteiger partial charge in [-0.25, -0.2) is 4.79 Å². The molecule has 2 rings (SSSR count). The molecule has 154 valence electrons. The lowest BCUT2D eigenvalue weighted by Gasteiger charge is -2.08. The average molecular weight is 418 g/mol. The number of anilines is 1. The molecule has 0 radical (unpaired) electrons. The first kappa shape index (κ1) is 22.4. The van der Waals surface area contributed by atoms with E-state index in [0.717, 1.165) is 19.3 Å². The number of ether oxygens (including phenoxy) is 2. The van der Waals surface area contributed by atoms with Crippen molar-refractivity contribution in [2.45, 2.75) is 32.6 Å². The number of rotatable bonds is 11. The first-order valence-corrected chi connectivity index (χ1v) is 9.83. The molecule has 0 bridgehead atoms. The normalized spacial score (nSPS) is 10.3. The fraction of sp³-hybridized carbons (Fsp3) is 0.318. The second kappa shape index (κ2) is 11.9. The maximum absolute atomic E-state index is 12.2. The number of carbonyl (C=O) groups is 3. The standard InChI is InChI=1S/C22H24ClNO5/c1-2-3-4-9-21(26)24-17-12-10-16(11-13-17)19(25)14-29-22(27)15-28-20-8-6-5-7-18(20)23/h5-8,10-13H,2-4,9,14-15H2,1H3,(H,24,26). The summed E-state index contributed by atoms with van der Waals surface area (Å²) >= 11 is 5.93. The van der Waals surface area contributed by atoms with Crippen molar-refractivity contribution in [2.24, 2.45) is 0 Å². The van der Waals surface area contributed by atoms with Crippen molar-refractivity contribution in [2.75, 3.05) is 18.5 Å². The molecule has 0 fully saturated rings. The highest BCUT2D eigenvalue weighted by Gasteiger charge is 2.12. The molecule has 1 amide bonds. The summed E-state index contributed by atoms with van der Waals surface area (Å²) in [4.78, 5) is 35.7. The van der Waals surface area contributed by atoms with Gasteiger partial charge < -0.3 is 14.8 Å². The highest BCUT2D eigenvalue weighted by atomic mass is 35.5. The van der Waals surface area contributed by atoms with Gasteiger partial charge in [0.15, 0.2) is 19.0 Å². The molecule has 1 N–H and O–H groups in total. The van der Waals surface area contributed by atoms with Gasteiger partial charge in [0.2, 0.25) is 5.91 Å². The fourth-order valence-corrected chi connectivity index (χ4v) is 2.66. The molecule has 0 aliphatic rings. The Morgan fingerprint density at radius 1 is 0.966 bits per heavy atom. The molecule has 29 heavy (non-hydrogen) atoms. The Balaban J connectivity index is 1.75. The van der Waals surface area contributed by atoms with E-state index < -0.39 is 12.6 Å². The van der Waals surface area contributed by atoms with Gasteiger partial charge in [-0.15, -0.1) is 0 Å². The number of unbranched alkanes of at least 4 members (excludes halogenated alkanes) is 2. The number of Topliss-reactive ketones (excluding diaryl/α,β-unsaturated/α-hetero) is 1. The molecular weight excluding hydrogens is 394 g/mol. The molecule has 0 spiro atoms. The molecule has 0 aromatic heterocycles. The molecule has 0 saturated heterocycles. The summed E-state index contributed by atoms with van der Waals surface area (Å²) in [5.41, 5.74) is 1.00. The van der Waals surface area contributed by atoms with E-state index in [1.807, 2.05) is 0 Å². The Kier molecular flexibility index (Phi) is 9.18. The summed E-state index contributed by atoms with van der Waals surface area (Å²) in [5, 5.41) is 3.17. The van der Waals surface area contributed by atoms with Crippen molar-refractivity contribution in [1.29, 1.82) is 0 Å². The fourth-order valence-electron chi connectivity index (χ4n) is 2.47. The smallest absolute Gasteiger partial charge is 0.344 e. The quantitative estimate of drug-likeness (QED) is 0.326. The van der Waals surface area contributed by atoms with Crippen LogP contribution in [-0.4, -0.2) is 30.9 Å². The SMILES string of the molecule is CCCCCC(=O)Nc1ccc(C(=O)COC(=O)COc2ccccc2Cl)cc1. The molecule has 0 aliphatic carbocycles. The van der Waals surface area contributed by atoms with Gasteiger partial charge in [-0.3, -0.25) is 9.59 Å². The van der Waals surface area contributed by atoms with E-state index in [1.54, 1.807) is 48.5 Å². The van der Waals surface area contributed by atoms with Crippen LogP contribution in [0.5, 0.6) is 5.75 Å². The van der Waals surface area contributed by atoms with Crippen molar-refractivity contribution >= 4 is 34.9 Å². The van der Waals surface area contributed by atoms with Crippen LogP contribution >= 0.6 is 11.6 Å². The third-order valence-electron chi connectivity index (χ3n) is 4.04. The average Bonchev–Trinajstić information content (AvgIpc) is 2.72. The minimum atomic E-state index is -0.672. The summed E-state index contributed by atoms with van der Waals surface area (Å²) in [7, 11) is 0. The number of nitrogens with one attached hydrogen (secondary N) is 1. The minimum absolute atomic E-state index is 0.0509. The third-order valence-corrected chi connectivity index (χ3v) is 4.36. The number of amides is 1. The van der Waals surface area contributed by atoms with Gasteiger partial charge in [0.1, 0.15) is 5.75 Å². The number of para-hydroxylation sites is 1. The number of esters is 1. The summed E-state index contributed by atoms with van der Waals surface area (Å²) in [5.74, 6) is -0.708. The van der Waals surface area contributed by atoms with Gasteiger partial charge in [0, 0.05) is 17.7 Å². The van der Waals surface area contributed by atoms with E-state index in [2.05, 4.69) is 12.2 Å². The topological polar surface area (TPSA) is 81.7 Å². The van der Waals surface area contributed by atoms with E-state index in [4.69, 9.17) is 21.1 Å². The maximum Gasteiger partial charge on any atom is 0.344 e. The molecule has 0 aliphatic heterocycles. The van der Waals surface area contributed by atoms with Gasteiger partial charge in [0.25, 0.3) is 0 Å². The Morgan fingerprint density at radius 3 is 2.38 bits per heavy atom. The van der Waals surface area contributed by atoms with Crippen LogP contribution in [0.1, 0.15) is 43.0 Å². The second-order valence-corrected chi connectivity index (χ2v) is 6.79. The first-order valence-electron chi connectivity index (χ1n) is 9.45. The Bertz CT molecular complexity index is 835. The summed E-state index contributed by atoms with van der Waals surface area (Å²) < 4.78 is 10.2. The summed E-state index contributed by atoms with van der Waals surface area (Å²) in [6, 6.07) is 13.2. The number of hydrogen-bond donors (Lipinski definition) is 1. The van der Waals surface area contributed by atoms with E-state index in [-0.39, 0.29) is 18.3 Å². The highest BCUT2D eigenvalue weighted by Crippen LogP contribution is 2.22. The van der Waals surface area contributed by atoms with Crippen molar-refractivity contribution in [1.82, 2.24) is 0 Å². The van der Waals surface area contributed by atoms with Crippen LogP contribution in [0.3, 0.4) is 0 Å². The Morgan fingerprint density at radius 2 is 1.69 bits per heavy atom. The largest absolute Gasteiger partial charge is 0.480 e. The van der Waals surface area contributed by atoms with Gasteiger partial charge >= 0.3 is 5.97 Å². The van der Waals surface area contributed by atoms with Crippen LogP contribution in [-0.2, 0) is 14.3 Å². The van der Waals surface area contributed by atoms with Crippen LogP contribution in [0.4, 0.5) is 5.69 Å². The van der Waals surface area contributed by atoms with Crippen LogP contribution in [0.25, 0.3) is 0 Å². The lowest BCUT2D eigenvalue weighted by atomic mass is 10.1. The third kappa shape index (κ3) is 7.95. The van der Waals surface area contributed by atoms with Gasteiger partial charge in [-0.1, -0.05) is 43.5 Å². The predicted octanol–water partition coefficient (Wildman–Crippen LogP) is 4.66. The van der Waals surface area contributed by atoms with Crippen molar-refractivity contribution in [3.63, 3.8) is 0 Å². The van der Waals surface area contributed by atoms with Crippen LogP contribution < -0.4 is 10.1 Å². The van der Waals surface area contributed by atoms with Gasteiger partial charge in [-0.2, -0.15) is 0 Å². The lowest BCUT2D eigenvalue weighted by molar-refractivity contribution is -0.144. The van der Waals surface area contributed by atoms with E-state index >= 15 is 0 Å². The highest BCUT2D eigenvalue weighted by molar-refractivity contribution is 6.32. The van der Waals surface area contributed by atoms with Crippen molar-refractivity contribution in [3.05, 3.63) is 59.1 Å². The van der Waals surface area contributed by atoms with E-state index in [1.165, 1.54) is 0 Å². The van der Waals surface area contributed by atoms with Crippen LogP contribution in [0, 0.1) is 0 Å². The maximum atomic E-state index is 12.2. The van der Waals surface area contributed by atoms with Crippen molar-refractivity contribution < 1.29 is 23.9 Å². The molecular formula is C22H24ClNO5. The summed E-state index contributed by atoms with van der Waals surface area (Å²) in [6.07, 6.45) is 3.40. The van der Waals surface area contributed by atoms with Gasteiger partial charge in [0.05, 0.1) is 5.02 Å². The van der Waals surface area contributed by atoms with E-state index in [0.29, 0.717) is 28.4 Å². The lowest BCUT2D eigenvalue weighted by Crippen LogP contribution is -2.19. The van der Waals surface area contributed by atoms with E-state index in [9.17, 15) is 14.4 Å². The zero-order valence-corrected chi connectivity index (χ0v) is 17.0. The number of ketones is 1. The molecule has 0 heterocycles. The van der Waals surface area contributed by atoms with Crippen LogP contribution in [0.2, 0.25) is 5.02 Å². The second-order valence-electron chi connectivity index (χ2n) is 6.39. The molecule has 6 nitrogen and oxygen atoms in total. The minimum Gasteiger partial charge on any atom is -0.480 e. The van der Waals surface area contributed by atoms with Crippen LogP contribution in [0.15, 0.2) is 48.5 Å². The molecule has 0 unspecified atom stereocenters. The number of hydrogen-bond acceptors (Lipinski definition) is 5. The number of benzene rings is 2. The zero-order valence-electron chi connectivity index (χ0n) is 16.3. The first-order chi connectivity index (χ1) is 14.0. The number of halogens is 1. The molecule has 7 heteroatoms. The zero-order chi connectivity index (χ0) is 21.1. The van der Waals surface area contributed by atoms with Crippen molar-refractivity contribution in [3.8, 4) is 5.75 Å². The van der Waals surface area contributed by atoms with Gasteiger partial charge in [-0.05, 0) is 42.8 Å².